The van der Waals surface area contributed by atoms with Crippen LogP contribution in [0.15, 0.2) is 34.6 Å². The summed E-state index contributed by atoms with van der Waals surface area (Å²) in [4.78, 5) is 37.9. The zero-order valence-corrected chi connectivity index (χ0v) is 18.4. The van der Waals surface area contributed by atoms with Gasteiger partial charge >= 0.3 is 6.03 Å². The SMILES string of the molecule is CC1=C(C)N2C(=NC3C2C(=O)N(CC(C)C)C(=O)N3C)N1c1ccc(C)c(Cl)c1. The van der Waals surface area contributed by atoms with Gasteiger partial charge in [-0.3, -0.25) is 19.5 Å². The summed E-state index contributed by atoms with van der Waals surface area (Å²) in [5.74, 6) is 0.661. The average molecular weight is 416 g/mol. The van der Waals surface area contributed by atoms with Gasteiger partial charge in [-0.2, -0.15) is 0 Å². The lowest BCUT2D eigenvalue weighted by Gasteiger charge is -2.41. The van der Waals surface area contributed by atoms with Gasteiger partial charge in [0.05, 0.1) is 5.69 Å². The van der Waals surface area contributed by atoms with E-state index in [1.165, 1.54) is 4.90 Å². The molecular formula is C21H26ClN5O2. The van der Waals surface area contributed by atoms with Crippen molar-refractivity contribution >= 4 is 35.2 Å². The van der Waals surface area contributed by atoms with Gasteiger partial charge in [-0.25, -0.2) is 9.79 Å². The summed E-state index contributed by atoms with van der Waals surface area (Å²) in [5.41, 5.74) is 3.83. The summed E-state index contributed by atoms with van der Waals surface area (Å²) in [7, 11) is 1.71. The van der Waals surface area contributed by atoms with Gasteiger partial charge < -0.3 is 4.90 Å². The number of benzene rings is 1. The molecule has 0 aromatic heterocycles. The first-order valence-electron chi connectivity index (χ1n) is 9.82. The van der Waals surface area contributed by atoms with Crippen molar-refractivity contribution in [3.05, 3.63) is 40.2 Å². The van der Waals surface area contributed by atoms with E-state index in [9.17, 15) is 9.59 Å². The predicted molar refractivity (Wildman–Crippen MR) is 114 cm³/mol. The number of allylic oxidation sites excluding steroid dienone is 2. The summed E-state index contributed by atoms with van der Waals surface area (Å²) in [6, 6.07) is 5.03. The number of guanidine groups is 1. The fraction of sp³-hybridized carbons (Fsp3) is 0.476. The molecule has 4 rings (SSSR count). The molecule has 0 radical (unpaired) electrons. The topological polar surface area (TPSA) is 59.5 Å². The van der Waals surface area contributed by atoms with Crippen molar-refractivity contribution in [1.29, 1.82) is 0 Å². The van der Waals surface area contributed by atoms with Gasteiger partial charge in [0, 0.05) is 30.0 Å². The van der Waals surface area contributed by atoms with Crippen LogP contribution in [0.4, 0.5) is 10.5 Å². The van der Waals surface area contributed by atoms with Crippen molar-refractivity contribution in [2.45, 2.75) is 46.8 Å². The zero-order chi connectivity index (χ0) is 21.2. The quantitative estimate of drug-likeness (QED) is 0.756. The van der Waals surface area contributed by atoms with Gasteiger partial charge in [0.25, 0.3) is 5.91 Å². The Morgan fingerprint density at radius 2 is 1.83 bits per heavy atom. The van der Waals surface area contributed by atoms with Crippen LogP contribution in [-0.4, -0.2) is 58.4 Å². The van der Waals surface area contributed by atoms with Crippen LogP contribution in [-0.2, 0) is 4.79 Å². The Hall–Kier alpha value is -2.54. The van der Waals surface area contributed by atoms with Gasteiger partial charge in [-0.1, -0.05) is 31.5 Å². The molecule has 0 bridgehead atoms. The Labute approximate surface area is 176 Å². The van der Waals surface area contributed by atoms with Crippen molar-refractivity contribution < 1.29 is 9.59 Å². The van der Waals surface area contributed by atoms with E-state index >= 15 is 0 Å². The molecule has 2 unspecified atom stereocenters. The monoisotopic (exact) mass is 415 g/mol. The second kappa shape index (κ2) is 6.76. The third kappa shape index (κ3) is 2.82. The summed E-state index contributed by atoms with van der Waals surface area (Å²) >= 11 is 6.36. The number of hydrogen-bond acceptors (Lipinski definition) is 5. The number of imide groups is 1. The lowest BCUT2D eigenvalue weighted by Crippen LogP contribution is -2.65. The Morgan fingerprint density at radius 3 is 2.45 bits per heavy atom. The summed E-state index contributed by atoms with van der Waals surface area (Å²) in [6.07, 6.45) is -0.542. The van der Waals surface area contributed by atoms with E-state index in [1.807, 2.05) is 62.6 Å². The van der Waals surface area contributed by atoms with E-state index in [4.69, 9.17) is 16.6 Å². The number of carbonyl (C=O) groups is 2. The van der Waals surface area contributed by atoms with Crippen LogP contribution in [0.25, 0.3) is 0 Å². The smallest absolute Gasteiger partial charge is 0.302 e. The number of aryl methyl sites for hydroxylation is 1. The lowest BCUT2D eigenvalue weighted by atomic mass is 10.1. The minimum Gasteiger partial charge on any atom is -0.302 e. The summed E-state index contributed by atoms with van der Waals surface area (Å²) < 4.78 is 0. The third-order valence-corrected chi connectivity index (χ3v) is 6.26. The van der Waals surface area contributed by atoms with Gasteiger partial charge in [0.2, 0.25) is 5.96 Å². The first kappa shape index (κ1) is 19.8. The van der Waals surface area contributed by atoms with Crippen LogP contribution in [0, 0.1) is 12.8 Å². The molecule has 1 aromatic rings. The van der Waals surface area contributed by atoms with E-state index in [0.29, 0.717) is 17.5 Å². The molecule has 0 aliphatic carbocycles. The number of rotatable bonds is 3. The number of aliphatic imine (C=N–C) groups is 1. The maximum atomic E-state index is 13.3. The van der Waals surface area contributed by atoms with Gasteiger partial charge in [-0.05, 0) is 44.4 Å². The fourth-order valence-corrected chi connectivity index (χ4v) is 4.35. The molecule has 0 N–H and O–H groups in total. The van der Waals surface area contributed by atoms with Crippen molar-refractivity contribution in [2.24, 2.45) is 10.9 Å². The first-order chi connectivity index (χ1) is 13.6. The van der Waals surface area contributed by atoms with E-state index in [2.05, 4.69) is 0 Å². The second-order valence-corrected chi connectivity index (χ2v) is 8.74. The average Bonchev–Trinajstić information content (AvgIpc) is 3.15. The van der Waals surface area contributed by atoms with Gasteiger partial charge in [0.1, 0.15) is 0 Å². The molecular weight excluding hydrogens is 390 g/mol. The number of halogens is 1. The van der Waals surface area contributed by atoms with Crippen molar-refractivity contribution in [3.63, 3.8) is 0 Å². The second-order valence-electron chi connectivity index (χ2n) is 8.33. The number of nitrogens with zero attached hydrogens (tertiary/aromatic N) is 5. The largest absolute Gasteiger partial charge is 0.328 e. The number of urea groups is 1. The van der Waals surface area contributed by atoms with E-state index < -0.39 is 12.2 Å². The number of anilines is 1. The molecule has 3 amide bonds. The molecule has 7 nitrogen and oxygen atoms in total. The molecule has 0 spiro atoms. The highest BCUT2D eigenvalue weighted by molar-refractivity contribution is 6.31. The minimum atomic E-state index is -0.549. The molecule has 154 valence electrons. The molecule has 3 aliphatic rings. The summed E-state index contributed by atoms with van der Waals surface area (Å²) in [5, 5.41) is 0.675. The van der Waals surface area contributed by atoms with E-state index in [0.717, 1.165) is 22.6 Å². The third-order valence-electron chi connectivity index (χ3n) is 5.85. The van der Waals surface area contributed by atoms with Crippen LogP contribution in [0.1, 0.15) is 33.3 Å². The highest BCUT2D eigenvalue weighted by atomic mass is 35.5. The molecule has 8 heteroatoms. The fourth-order valence-electron chi connectivity index (χ4n) is 4.18. The van der Waals surface area contributed by atoms with E-state index in [-0.39, 0.29) is 17.9 Å². The Kier molecular flexibility index (Phi) is 4.61. The van der Waals surface area contributed by atoms with Crippen LogP contribution in [0.2, 0.25) is 5.02 Å². The Morgan fingerprint density at radius 1 is 1.14 bits per heavy atom. The maximum absolute atomic E-state index is 13.3. The molecule has 3 heterocycles. The van der Waals surface area contributed by atoms with Gasteiger partial charge in [-0.15, -0.1) is 0 Å². The zero-order valence-electron chi connectivity index (χ0n) is 17.6. The predicted octanol–water partition coefficient (Wildman–Crippen LogP) is 3.64. The highest BCUT2D eigenvalue weighted by Gasteiger charge is 2.55. The number of fused-ring (bicyclic) bond motifs is 3. The normalized spacial score (nSPS) is 24.1. The molecule has 29 heavy (non-hydrogen) atoms. The molecule has 1 saturated heterocycles. The van der Waals surface area contributed by atoms with E-state index in [1.54, 1.807) is 11.9 Å². The van der Waals surface area contributed by atoms with Crippen LogP contribution >= 0.6 is 11.6 Å². The molecule has 0 saturated carbocycles. The van der Waals surface area contributed by atoms with Crippen LogP contribution < -0.4 is 4.90 Å². The molecule has 2 atom stereocenters. The van der Waals surface area contributed by atoms with Crippen LogP contribution in [0.5, 0.6) is 0 Å². The number of amides is 3. The van der Waals surface area contributed by atoms with Gasteiger partial charge in [0.15, 0.2) is 12.2 Å². The first-order valence-corrected chi connectivity index (χ1v) is 10.2. The highest BCUT2D eigenvalue weighted by Crippen LogP contribution is 2.40. The maximum Gasteiger partial charge on any atom is 0.328 e. The number of hydrogen-bond donors (Lipinski definition) is 0. The minimum absolute atomic E-state index is 0.192. The van der Waals surface area contributed by atoms with Crippen molar-refractivity contribution in [3.8, 4) is 0 Å². The summed E-state index contributed by atoms with van der Waals surface area (Å²) in [6.45, 7) is 10.3. The Bertz CT molecular complexity index is 970. The number of carbonyl (C=O) groups excluding carboxylic acids is 2. The molecule has 1 fully saturated rings. The van der Waals surface area contributed by atoms with Crippen molar-refractivity contribution in [1.82, 2.24) is 14.7 Å². The standard InChI is InChI=1S/C21H26ClN5O2/c1-11(2)10-25-19(28)17-18(24(6)21(25)29)23-20-26(13(4)14(5)27(17)20)15-8-7-12(3)16(22)9-15/h7-9,11,17-18H,10H2,1-6H3. The number of likely N-dealkylation sites (N-methyl/N-ethyl adjacent to an activating group) is 1. The van der Waals surface area contributed by atoms with Crippen LogP contribution in [0.3, 0.4) is 0 Å². The van der Waals surface area contributed by atoms with Crippen molar-refractivity contribution in [2.75, 3.05) is 18.5 Å². The molecule has 1 aromatic carbocycles. The molecule has 3 aliphatic heterocycles. The lowest BCUT2D eigenvalue weighted by molar-refractivity contribution is -0.137. The Balaban J connectivity index is 1.77.